The van der Waals surface area contributed by atoms with Gasteiger partial charge < -0.3 is 4.90 Å². The first kappa shape index (κ1) is 9.75. The molecule has 0 saturated heterocycles. The molecular weight excluding hydrogens is 214 g/mol. The molecule has 12 heavy (non-hydrogen) atoms. The first-order valence-electron chi connectivity index (χ1n) is 4.03. The lowest BCUT2D eigenvalue weighted by atomic mass is 10.1. The Balaban J connectivity index is 2.80. The molecule has 0 radical (unpaired) electrons. The standard InChI is InChI=1S/C10H14BrN/c1-12(2)10(8-11)9-6-4-3-5-7-9/h3-7,10H,8H2,1-2H3. The van der Waals surface area contributed by atoms with E-state index < -0.39 is 0 Å². The van der Waals surface area contributed by atoms with Gasteiger partial charge in [0.25, 0.3) is 0 Å². The molecule has 2 heteroatoms. The van der Waals surface area contributed by atoms with Crippen molar-refractivity contribution in [2.24, 2.45) is 0 Å². The van der Waals surface area contributed by atoms with Crippen LogP contribution in [0.3, 0.4) is 0 Å². The number of rotatable bonds is 3. The minimum atomic E-state index is 0.478. The molecule has 0 aliphatic rings. The normalized spacial score (nSPS) is 13.3. The van der Waals surface area contributed by atoms with Crippen LogP contribution in [0.4, 0.5) is 0 Å². The van der Waals surface area contributed by atoms with Crippen LogP contribution < -0.4 is 0 Å². The van der Waals surface area contributed by atoms with Crippen molar-refractivity contribution in [3.05, 3.63) is 35.9 Å². The summed E-state index contributed by atoms with van der Waals surface area (Å²) < 4.78 is 0. The zero-order valence-corrected chi connectivity index (χ0v) is 9.08. The molecule has 1 nitrogen and oxygen atoms in total. The minimum Gasteiger partial charge on any atom is -0.302 e. The van der Waals surface area contributed by atoms with Gasteiger partial charge in [-0.05, 0) is 19.7 Å². The lowest BCUT2D eigenvalue weighted by Crippen LogP contribution is -2.20. The Morgan fingerprint density at radius 2 is 1.83 bits per heavy atom. The molecule has 0 aliphatic heterocycles. The SMILES string of the molecule is CN(C)C(CBr)c1ccccc1. The van der Waals surface area contributed by atoms with Crippen LogP contribution in [0.15, 0.2) is 30.3 Å². The highest BCUT2D eigenvalue weighted by Crippen LogP contribution is 2.19. The Morgan fingerprint density at radius 3 is 2.25 bits per heavy atom. The van der Waals surface area contributed by atoms with E-state index in [0.717, 1.165) is 5.33 Å². The van der Waals surface area contributed by atoms with E-state index in [4.69, 9.17) is 0 Å². The van der Waals surface area contributed by atoms with E-state index in [1.54, 1.807) is 0 Å². The van der Waals surface area contributed by atoms with Gasteiger partial charge in [0.15, 0.2) is 0 Å². The van der Waals surface area contributed by atoms with Gasteiger partial charge >= 0.3 is 0 Å². The Kier molecular flexibility index (Phi) is 3.76. The van der Waals surface area contributed by atoms with Crippen molar-refractivity contribution in [1.82, 2.24) is 4.90 Å². The smallest absolute Gasteiger partial charge is 0.0438 e. The molecule has 0 amide bonds. The molecule has 1 aromatic carbocycles. The van der Waals surface area contributed by atoms with E-state index in [1.165, 1.54) is 5.56 Å². The number of benzene rings is 1. The van der Waals surface area contributed by atoms with Gasteiger partial charge in [-0.1, -0.05) is 46.3 Å². The van der Waals surface area contributed by atoms with Crippen molar-refractivity contribution < 1.29 is 0 Å². The maximum Gasteiger partial charge on any atom is 0.0438 e. The summed E-state index contributed by atoms with van der Waals surface area (Å²) in [6.45, 7) is 0. The molecule has 1 atom stereocenters. The molecule has 1 rings (SSSR count). The second-order valence-corrected chi connectivity index (χ2v) is 3.69. The predicted octanol–water partition coefficient (Wildman–Crippen LogP) is 2.68. The van der Waals surface area contributed by atoms with Crippen molar-refractivity contribution in [1.29, 1.82) is 0 Å². The second kappa shape index (κ2) is 4.63. The van der Waals surface area contributed by atoms with Crippen molar-refractivity contribution in [3.8, 4) is 0 Å². The van der Waals surface area contributed by atoms with E-state index in [0.29, 0.717) is 6.04 Å². The monoisotopic (exact) mass is 227 g/mol. The Morgan fingerprint density at radius 1 is 1.25 bits per heavy atom. The third kappa shape index (κ3) is 2.32. The molecular formula is C10H14BrN. The molecule has 0 aliphatic carbocycles. The molecule has 1 unspecified atom stereocenters. The van der Waals surface area contributed by atoms with E-state index >= 15 is 0 Å². The molecule has 0 bridgehead atoms. The van der Waals surface area contributed by atoms with E-state index in [2.05, 4.69) is 59.2 Å². The van der Waals surface area contributed by atoms with Crippen LogP contribution in [-0.4, -0.2) is 24.3 Å². The molecule has 0 heterocycles. The molecule has 0 N–H and O–H groups in total. The highest BCUT2D eigenvalue weighted by Gasteiger charge is 2.10. The summed E-state index contributed by atoms with van der Waals surface area (Å²) in [5.74, 6) is 0. The highest BCUT2D eigenvalue weighted by atomic mass is 79.9. The first-order chi connectivity index (χ1) is 5.75. The van der Waals surface area contributed by atoms with Crippen molar-refractivity contribution in [3.63, 3.8) is 0 Å². The summed E-state index contributed by atoms with van der Waals surface area (Å²) in [4.78, 5) is 2.21. The van der Waals surface area contributed by atoms with Gasteiger partial charge in [0.2, 0.25) is 0 Å². The van der Waals surface area contributed by atoms with Gasteiger partial charge in [-0.15, -0.1) is 0 Å². The van der Waals surface area contributed by atoms with Gasteiger partial charge in [-0.25, -0.2) is 0 Å². The zero-order chi connectivity index (χ0) is 8.97. The van der Waals surface area contributed by atoms with Crippen LogP contribution in [0.1, 0.15) is 11.6 Å². The second-order valence-electron chi connectivity index (χ2n) is 3.04. The van der Waals surface area contributed by atoms with E-state index in [9.17, 15) is 0 Å². The molecule has 1 aromatic rings. The zero-order valence-electron chi connectivity index (χ0n) is 7.50. The molecule has 66 valence electrons. The van der Waals surface area contributed by atoms with Gasteiger partial charge in [-0.2, -0.15) is 0 Å². The Bertz CT molecular complexity index is 221. The quantitative estimate of drug-likeness (QED) is 0.719. The van der Waals surface area contributed by atoms with E-state index in [-0.39, 0.29) is 0 Å². The van der Waals surface area contributed by atoms with Gasteiger partial charge in [0.05, 0.1) is 0 Å². The number of hydrogen-bond acceptors (Lipinski definition) is 1. The maximum atomic E-state index is 3.51. The van der Waals surface area contributed by atoms with Crippen LogP contribution in [0.2, 0.25) is 0 Å². The third-order valence-electron chi connectivity index (χ3n) is 1.95. The summed E-state index contributed by atoms with van der Waals surface area (Å²) in [5.41, 5.74) is 1.36. The average molecular weight is 228 g/mol. The van der Waals surface area contributed by atoms with Crippen LogP contribution in [0.5, 0.6) is 0 Å². The molecule has 0 aromatic heterocycles. The van der Waals surface area contributed by atoms with Crippen LogP contribution in [0, 0.1) is 0 Å². The van der Waals surface area contributed by atoms with Crippen molar-refractivity contribution in [2.75, 3.05) is 19.4 Å². The van der Waals surface area contributed by atoms with Gasteiger partial charge in [0, 0.05) is 11.4 Å². The maximum absolute atomic E-state index is 3.51. The third-order valence-corrected chi connectivity index (χ3v) is 2.57. The fourth-order valence-electron chi connectivity index (χ4n) is 1.20. The highest BCUT2D eigenvalue weighted by molar-refractivity contribution is 9.09. The van der Waals surface area contributed by atoms with Crippen molar-refractivity contribution >= 4 is 15.9 Å². The lowest BCUT2D eigenvalue weighted by Gasteiger charge is -2.22. The average Bonchev–Trinajstić information content (AvgIpc) is 2.07. The van der Waals surface area contributed by atoms with Gasteiger partial charge in [0.1, 0.15) is 0 Å². The topological polar surface area (TPSA) is 3.24 Å². The number of alkyl halides is 1. The minimum absolute atomic E-state index is 0.478. The van der Waals surface area contributed by atoms with Crippen LogP contribution in [-0.2, 0) is 0 Å². The predicted molar refractivity (Wildman–Crippen MR) is 56.7 cm³/mol. The van der Waals surface area contributed by atoms with Crippen molar-refractivity contribution in [2.45, 2.75) is 6.04 Å². The molecule has 0 fully saturated rings. The number of halogens is 1. The Hall–Kier alpha value is -0.340. The first-order valence-corrected chi connectivity index (χ1v) is 5.15. The fourth-order valence-corrected chi connectivity index (χ4v) is 2.15. The summed E-state index contributed by atoms with van der Waals surface area (Å²) >= 11 is 3.51. The molecule has 0 spiro atoms. The summed E-state index contributed by atoms with van der Waals surface area (Å²) in [5, 5.41) is 0.976. The number of hydrogen-bond donors (Lipinski definition) is 0. The number of nitrogens with zero attached hydrogens (tertiary/aromatic N) is 1. The largest absolute Gasteiger partial charge is 0.302 e. The van der Waals surface area contributed by atoms with Gasteiger partial charge in [-0.3, -0.25) is 0 Å². The molecule has 0 saturated carbocycles. The van der Waals surface area contributed by atoms with Crippen LogP contribution in [0.25, 0.3) is 0 Å². The lowest BCUT2D eigenvalue weighted by molar-refractivity contribution is 0.327. The summed E-state index contributed by atoms with van der Waals surface area (Å²) in [7, 11) is 4.19. The summed E-state index contributed by atoms with van der Waals surface area (Å²) in [6, 6.07) is 11.0. The van der Waals surface area contributed by atoms with Crippen LogP contribution >= 0.6 is 15.9 Å². The Labute approximate surface area is 82.5 Å². The van der Waals surface area contributed by atoms with E-state index in [1.807, 2.05) is 6.07 Å². The summed E-state index contributed by atoms with van der Waals surface area (Å²) in [6.07, 6.45) is 0. The fraction of sp³-hybridized carbons (Fsp3) is 0.400.